The van der Waals surface area contributed by atoms with Crippen molar-refractivity contribution in [1.82, 2.24) is 9.62 Å². The molecule has 9 heteroatoms. The normalized spacial score (nSPS) is 14.5. The lowest BCUT2D eigenvalue weighted by Crippen LogP contribution is -2.27. The molecule has 1 saturated heterocycles. The first-order valence-corrected chi connectivity index (χ1v) is 10.4. The second-order valence-corrected chi connectivity index (χ2v) is 8.45. The molecular formula is C19H21N3O5S. The maximum atomic E-state index is 12.7. The topological polar surface area (TPSA) is 110 Å². The summed E-state index contributed by atoms with van der Waals surface area (Å²) in [5.41, 5.74) is 1.78. The van der Waals surface area contributed by atoms with Gasteiger partial charge in [0.25, 0.3) is 5.69 Å². The zero-order valence-electron chi connectivity index (χ0n) is 15.4. The molecule has 148 valence electrons. The molecule has 0 unspecified atom stereocenters. The van der Waals surface area contributed by atoms with Crippen LogP contribution in [0.4, 0.5) is 5.69 Å². The maximum Gasteiger partial charge on any atom is 0.270 e. The highest BCUT2D eigenvalue weighted by Gasteiger charge is 2.23. The Kier molecular flexibility index (Phi) is 5.76. The summed E-state index contributed by atoms with van der Waals surface area (Å²) in [7, 11) is -3.93. The number of sulfonamides is 1. The van der Waals surface area contributed by atoms with E-state index < -0.39 is 14.9 Å². The van der Waals surface area contributed by atoms with Gasteiger partial charge in [-0.2, -0.15) is 0 Å². The molecule has 0 radical (unpaired) electrons. The number of aryl methyl sites for hydroxylation is 1. The van der Waals surface area contributed by atoms with E-state index in [9.17, 15) is 23.3 Å². The van der Waals surface area contributed by atoms with E-state index in [-0.39, 0.29) is 23.0 Å². The fourth-order valence-electron chi connectivity index (χ4n) is 3.20. The van der Waals surface area contributed by atoms with Crippen molar-refractivity contribution in [1.29, 1.82) is 0 Å². The largest absolute Gasteiger partial charge is 0.338 e. The molecule has 1 amide bonds. The molecule has 0 aliphatic carbocycles. The summed E-state index contributed by atoms with van der Waals surface area (Å²) in [6.45, 7) is 2.76. The van der Waals surface area contributed by atoms with Gasteiger partial charge in [-0.3, -0.25) is 14.9 Å². The highest BCUT2D eigenvalue weighted by Crippen LogP contribution is 2.22. The molecule has 3 rings (SSSR count). The second kappa shape index (κ2) is 8.07. The van der Waals surface area contributed by atoms with Gasteiger partial charge in [-0.1, -0.05) is 30.3 Å². The van der Waals surface area contributed by atoms with Crippen LogP contribution in [0.1, 0.15) is 29.5 Å². The van der Waals surface area contributed by atoms with E-state index in [1.165, 1.54) is 12.1 Å². The van der Waals surface area contributed by atoms with Gasteiger partial charge in [0.15, 0.2) is 0 Å². The molecule has 2 aromatic carbocycles. The number of hydrogen-bond donors (Lipinski definition) is 1. The Hall–Kier alpha value is -2.78. The fraction of sp³-hybridized carbons (Fsp3) is 0.316. The van der Waals surface area contributed by atoms with Crippen molar-refractivity contribution in [2.24, 2.45) is 0 Å². The molecule has 1 N–H and O–H groups in total. The molecule has 1 aliphatic rings. The van der Waals surface area contributed by atoms with Crippen molar-refractivity contribution >= 4 is 21.6 Å². The van der Waals surface area contributed by atoms with E-state index in [0.717, 1.165) is 23.6 Å². The number of likely N-dealkylation sites (tertiary alicyclic amines) is 1. The fourth-order valence-corrected chi connectivity index (χ4v) is 4.47. The van der Waals surface area contributed by atoms with Crippen LogP contribution in [0.15, 0.2) is 47.4 Å². The minimum absolute atomic E-state index is 0.0304. The average molecular weight is 403 g/mol. The van der Waals surface area contributed by atoms with Crippen molar-refractivity contribution in [3.05, 3.63) is 69.3 Å². The van der Waals surface area contributed by atoms with Crippen molar-refractivity contribution < 1.29 is 18.1 Å². The maximum absolute atomic E-state index is 12.7. The summed E-state index contributed by atoms with van der Waals surface area (Å²) in [5, 5.41) is 11.0. The van der Waals surface area contributed by atoms with Gasteiger partial charge in [0.1, 0.15) is 0 Å². The lowest BCUT2D eigenvalue weighted by atomic mass is 10.1. The molecular weight excluding hydrogens is 382 g/mol. The molecule has 2 aromatic rings. The minimum atomic E-state index is -3.93. The number of non-ortho nitro benzene ring substituents is 1. The molecule has 0 saturated carbocycles. The third-order valence-corrected chi connectivity index (χ3v) is 6.32. The zero-order valence-corrected chi connectivity index (χ0v) is 16.2. The number of nitro benzene ring substituents is 1. The summed E-state index contributed by atoms with van der Waals surface area (Å²) in [6, 6.07) is 11.1. The van der Waals surface area contributed by atoms with Crippen LogP contribution >= 0.6 is 0 Å². The van der Waals surface area contributed by atoms with Crippen molar-refractivity contribution in [3.8, 4) is 0 Å². The smallest absolute Gasteiger partial charge is 0.270 e. The molecule has 1 heterocycles. The number of hydrogen-bond acceptors (Lipinski definition) is 5. The second-order valence-electron chi connectivity index (χ2n) is 6.72. The van der Waals surface area contributed by atoms with E-state index in [4.69, 9.17) is 0 Å². The van der Waals surface area contributed by atoms with Crippen molar-refractivity contribution in [2.45, 2.75) is 37.8 Å². The Bertz CT molecular complexity index is 1020. The summed E-state index contributed by atoms with van der Waals surface area (Å²) < 4.78 is 27.9. The van der Waals surface area contributed by atoms with Gasteiger partial charge in [0, 0.05) is 38.2 Å². The first-order chi connectivity index (χ1) is 13.3. The molecule has 0 spiro atoms. The van der Waals surface area contributed by atoms with E-state index in [2.05, 4.69) is 4.72 Å². The first-order valence-electron chi connectivity index (χ1n) is 8.87. The van der Waals surface area contributed by atoms with E-state index in [1.807, 2.05) is 12.1 Å². The Labute approximate surface area is 163 Å². The summed E-state index contributed by atoms with van der Waals surface area (Å²) in [5.74, 6) is 0.0996. The van der Waals surface area contributed by atoms with Crippen LogP contribution in [0.2, 0.25) is 0 Å². The number of benzene rings is 2. The van der Waals surface area contributed by atoms with Gasteiger partial charge in [0.05, 0.1) is 9.82 Å². The molecule has 8 nitrogen and oxygen atoms in total. The number of amides is 1. The van der Waals surface area contributed by atoms with Gasteiger partial charge in [-0.15, -0.1) is 0 Å². The highest BCUT2D eigenvalue weighted by molar-refractivity contribution is 7.89. The minimum Gasteiger partial charge on any atom is -0.338 e. The SMILES string of the molecule is Cc1ccc([N+](=O)[O-])cc1S(=O)(=O)NCc1ccccc1CN1CCCC1=O. The quantitative estimate of drug-likeness (QED) is 0.564. The molecule has 0 atom stereocenters. The van der Waals surface area contributed by atoms with Gasteiger partial charge in [0.2, 0.25) is 15.9 Å². The van der Waals surface area contributed by atoms with Crippen LogP contribution in [-0.2, 0) is 27.9 Å². The van der Waals surface area contributed by atoms with Gasteiger partial charge in [-0.25, -0.2) is 13.1 Å². The number of carbonyl (C=O) groups is 1. The molecule has 1 aliphatic heterocycles. The lowest BCUT2D eigenvalue weighted by Gasteiger charge is -2.18. The van der Waals surface area contributed by atoms with Gasteiger partial charge in [-0.05, 0) is 30.0 Å². The van der Waals surface area contributed by atoms with Crippen LogP contribution < -0.4 is 4.72 Å². The Morgan fingerprint density at radius 3 is 2.54 bits per heavy atom. The zero-order chi connectivity index (χ0) is 20.3. The first kappa shape index (κ1) is 20.0. The summed E-state index contributed by atoms with van der Waals surface area (Å²) in [4.78, 5) is 23.9. The van der Waals surface area contributed by atoms with Crippen LogP contribution in [-0.4, -0.2) is 30.7 Å². The standard InChI is InChI=1S/C19H21N3O5S/c1-14-8-9-17(22(24)25)11-18(14)28(26,27)20-12-15-5-2-3-6-16(15)13-21-10-4-7-19(21)23/h2-3,5-6,8-9,11,20H,4,7,10,12-13H2,1H3. The van der Waals surface area contributed by atoms with Crippen LogP contribution in [0, 0.1) is 17.0 Å². The van der Waals surface area contributed by atoms with Crippen molar-refractivity contribution in [2.75, 3.05) is 6.54 Å². The number of nitro groups is 1. The van der Waals surface area contributed by atoms with E-state index >= 15 is 0 Å². The molecule has 1 fully saturated rings. The van der Waals surface area contributed by atoms with Crippen LogP contribution in [0.25, 0.3) is 0 Å². The Balaban J connectivity index is 1.79. The number of rotatable bonds is 7. The van der Waals surface area contributed by atoms with E-state index in [1.54, 1.807) is 24.0 Å². The predicted molar refractivity (Wildman–Crippen MR) is 103 cm³/mol. The van der Waals surface area contributed by atoms with Gasteiger partial charge < -0.3 is 4.90 Å². The average Bonchev–Trinajstić information content (AvgIpc) is 3.06. The Morgan fingerprint density at radius 2 is 1.89 bits per heavy atom. The number of nitrogens with one attached hydrogen (secondary N) is 1. The summed E-state index contributed by atoms with van der Waals surface area (Å²) >= 11 is 0. The lowest BCUT2D eigenvalue weighted by molar-refractivity contribution is -0.385. The number of nitrogens with zero attached hydrogens (tertiary/aromatic N) is 2. The van der Waals surface area contributed by atoms with Crippen LogP contribution in [0.5, 0.6) is 0 Å². The number of carbonyl (C=O) groups excluding carboxylic acids is 1. The summed E-state index contributed by atoms with van der Waals surface area (Å²) in [6.07, 6.45) is 1.38. The molecule has 0 aromatic heterocycles. The molecule has 0 bridgehead atoms. The molecule has 28 heavy (non-hydrogen) atoms. The third-order valence-electron chi connectivity index (χ3n) is 4.78. The monoisotopic (exact) mass is 403 g/mol. The predicted octanol–water partition coefficient (Wildman–Crippen LogP) is 2.50. The van der Waals surface area contributed by atoms with Gasteiger partial charge >= 0.3 is 0 Å². The Morgan fingerprint density at radius 1 is 1.18 bits per heavy atom. The highest BCUT2D eigenvalue weighted by atomic mass is 32.2. The van der Waals surface area contributed by atoms with Crippen molar-refractivity contribution in [3.63, 3.8) is 0 Å². The van der Waals surface area contributed by atoms with Crippen LogP contribution in [0.3, 0.4) is 0 Å². The van der Waals surface area contributed by atoms with E-state index in [0.29, 0.717) is 25.1 Å². The third kappa shape index (κ3) is 4.37.